The van der Waals surface area contributed by atoms with E-state index in [0.717, 1.165) is 32.1 Å². The molecule has 1 aliphatic carbocycles. The number of hydrogen-bond acceptors (Lipinski definition) is 1. The average molecular weight is 138 g/mol. The van der Waals surface area contributed by atoms with Crippen molar-refractivity contribution < 1.29 is 5.11 Å². The maximum atomic E-state index is 9.14. The lowest BCUT2D eigenvalue weighted by atomic mass is 9.86. The number of terminal acetylenes is 1. The molecule has 0 atom stereocenters. The molecule has 0 radical (unpaired) electrons. The van der Waals surface area contributed by atoms with Crippen molar-refractivity contribution in [1.82, 2.24) is 0 Å². The molecule has 0 aromatic rings. The van der Waals surface area contributed by atoms with Crippen LogP contribution in [-0.2, 0) is 0 Å². The highest BCUT2D eigenvalue weighted by atomic mass is 16.3. The number of rotatable bonds is 1. The first-order valence-electron chi connectivity index (χ1n) is 3.94. The van der Waals surface area contributed by atoms with Crippen molar-refractivity contribution in [3.05, 3.63) is 0 Å². The van der Waals surface area contributed by atoms with Crippen molar-refractivity contribution in [2.24, 2.45) is 5.92 Å². The monoisotopic (exact) mass is 138 g/mol. The van der Waals surface area contributed by atoms with Crippen LogP contribution in [0.15, 0.2) is 0 Å². The van der Waals surface area contributed by atoms with Crippen LogP contribution in [0.1, 0.15) is 32.1 Å². The normalized spacial score (nSPS) is 33.2. The third-order valence-electron chi connectivity index (χ3n) is 2.22. The summed E-state index contributed by atoms with van der Waals surface area (Å²) in [5.41, 5.74) is 0. The SMILES string of the molecule is C#CCC1CCC(O)CC1. The van der Waals surface area contributed by atoms with Gasteiger partial charge in [0.25, 0.3) is 0 Å². The Morgan fingerprint density at radius 3 is 2.40 bits per heavy atom. The van der Waals surface area contributed by atoms with Crippen LogP contribution in [0.4, 0.5) is 0 Å². The molecule has 1 aliphatic rings. The van der Waals surface area contributed by atoms with Gasteiger partial charge >= 0.3 is 0 Å². The van der Waals surface area contributed by atoms with E-state index in [-0.39, 0.29) is 6.10 Å². The summed E-state index contributed by atoms with van der Waals surface area (Å²) in [4.78, 5) is 0. The summed E-state index contributed by atoms with van der Waals surface area (Å²) >= 11 is 0. The highest BCUT2D eigenvalue weighted by Crippen LogP contribution is 2.25. The minimum Gasteiger partial charge on any atom is -0.393 e. The van der Waals surface area contributed by atoms with Crippen LogP contribution in [0.25, 0.3) is 0 Å². The molecule has 0 aromatic heterocycles. The summed E-state index contributed by atoms with van der Waals surface area (Å²) in [6.45, 7) is 0. The molecule has 1 fully saturated rings. The van der Waals surface area contributed by atoms with E-state index in [2.05, 4.69) is 5.92 Å². The summed E-state index contributed by atoms with van der Waals surface area (Å²) in [5.74, 6) is 3.36. The van der Waals surface area contributed by atoms with Crippen molar-refractivity contribution >= 4 is 0 Å². The van der Waals surface area contributed by atoms with Gasteiger partial charge in [0.1, 0.15) is 0 Å². The molecule has 0 amide bonds. The van der Waals surface area contributed by atoms with E-state index < -0.39 is 0 Å². The van der Waals surface area contributed by atoms with Gasteiger partial charge in [0.05, 0.1) is 6.10 Å². The molecule has 1 nitrogen and oxygen atoms in total. The Morgan fingerprint density at radius 1 is 1.30 bits per heavy atom. The average Bonchev–Trinajstić information content (AvgIpc) is 1.95. The fourth-order valence-corrected chi connectivity index (χ4v) is 1.52. The van der Waals surface area contributed by atoms with E-state index in [1.54, 1.807) is 0 Å². The minimum absolute atomic E-state index is 0.0472. The summed E-state index contributed by atoms with van der Waals surface area (Å²) in [6, 6.07) is 0. The quantitative estimate of drug-likeness (QED) is 0.545. The Labute approximate surface area is 62.4 Å². The summed E-state index contributed by atoms with van der Waals surface area (Å²) in [5, 5.41) is 9.14. The van der Waals surface area contributed by atoms with Gasteiger partial charge in [0.2, 0.25) is 0 Å². The molecular formula is C9H14O. The smallest absolute Gasteiger partial charge is 0.0540 e. The van der Waals surface area contributed by atoms with Crippen LogP contribution in [0.2, 0.25) is 0 Å². The number of aliphatic hydroxyl groups is 1. The van der Waals surface area contributed by atoms with E-state index in [0.29, 0.717) is 5.92 Å². The largest absolute Gasteiger partial charge is 0.393 e. The van der Waals surface area contributed by atoms with Gasteiger partial charge in [-0.2, -0.15) is 0 Å². The van der Waals surface area contributed by atoms with Crippen LogP contribution in [0.3, 0.4) is 0 Å². The van der Waals surface area contributed by atoms with Crippen LogP contribution in [0.5, 0.6) is 0 Å². The van der Waals surface area contributed by atoms with Crippen molar-refractivity contribution in [2.75, 3.05) is 0 Å². The summed E-state index contributed by atoms with van der Waals surface area (Å²) in [7, 11) is 0. The lowest BCUT2D eigenvalue weighted by Crippen LogP contribution is -2.17. The topological polar surface area (TPSA) is 20.2 Å². The highest BCUT2D eigenvalue weighted by Gasteiger charge is 2.17. The molecular weight excluding hydrogens is 124 g/mol. The maximum absolute atomic E-state index is 9.14. The fourth-order valence-electron chi connectivity index (χ4n) is 1.52. The van der Waals surface area contributed by atoms with E-state index in [9.17, 15) is 0 Å². The number of hydrogen-bond donors (Lipinski definition) is 1. The van der Waals surface area contributed by atoms with Gasteiger partial charge in [0.15, 0.2) is 0 Å². The summed E-state index contributed by atoms with van der Waals surface area (Å²) in [6.07, 6.45) is 10.2. The molecule has 0 saturated heterocycles. The van der Waals surface area contributed by atoms with Crippen molar-refractivity contribution in [2.45, 2.75) is 38.2 Å². The lowest BCUT2D eigenvalue weighted by molar-refractivity contribution is 0.110. The van der Waals surface area contributed by atoms with Crippen molar-refractivity contribution in [3.8, 4) is 12.3 Å². The first kappa shape index (κ1) is 7.63. The molecule has 1 N–H and O–H groups in total. The standard InChI is InChI=1S/C9H14O/c1-2-3-8-4-6-9(10)7-5-8/h1,8-10H,3-7H2. The van der Waals surface area contributed by atoms with Gasteiger partial charge in [-0.05, 0) is 31.6 Å². The van der Waals surface area contributed by atoms with Crippen molar-refractivity contribution in [3.63, 3.8) is 0 Å². The fraction of sp³-hybridized carbons (Fsp3) is 0.778. The molecule has 0 spiro atoms. The second-order valence-corrected chi connectivity index (χ2v) is 3.08. The predicted octanol–water partition coefficient (Wildman–Crippen LogP) is 1.56. The van der Waals surface area contributed by atoms with Crippen LogP contribution in [-0.4, -0.2) is 11.2 Å². The zero-order chi connectivity index (χ0) is 7.40. The van der Waals surface area contributed by atoms with E-state index in [4.69, 9.17) is 11.5 Å². The molecule has 0 unspecified atom stereocenters. The third-order valence-corrected chi connectivity index (χ3v) is 2.22. The minimum atomic E-state index is -0.0472. The van der Waals surface area contributed by atoms with E-state index >= 15 is 0 Å². The van der Waals surface area contributed by atoms with Crippen LogP contribution in [0, 0.1) is 18.3 Å². The lowest BCUT2D eigenvalue weighted by Gasteiger charge is -2.23. The van der Waals surface area contributed by atoms with E-state index in [1.807, 2.05) is 0 Å². The van der Waals surface area contributed by atoms with Crippen molar-refractivity contribution in [1.29, 1.82) is 0 Å². The van der Waals surface area contributed by atoms with Gasteiger partial charge < -0.3 is 5.11 Å². The van der Waals surface area contributed by atoms with Crippen LogP contribution >= 0.6 is 0 Å². The summed E-state index contributed by atoms with van der Waals surface area (Å²) < 4.78 is 0. The first-order chi connectivity index (χ1) is 4.83. The Hall–Kier alpha value is -0.480. The van der Waals surface area contributed by atoms with Gasteiger partial charge in [-0.1, -0.05) is 0 Å². The third kappa shape index (κ3) is 2.04. The zero-order valence-corrected chi connectivity index (χ0v) is 6.21. The van der Waals surface area contributed by atoms with Gasteiger partial charge in [0, 0.05) is 6.42 Å². The number of aliphatic hydroxyl groups excluding tert-OH is 1. The maximum Gasteiger partial charge on any atom is 0.0540 e. The first-order valence-corrected chi connectivity index (χ1v) is 3.94. The van der Waals surface area contributed by atoms with Crippen LogP contribution < -0.4 is 0 Å². The second-order valence-electron chi connectivity index (χ2n) is 3.08. The zero-order valence-electron chi connectivity index (χ0n) is 6.21. The second kappa shape index (κ2) is 3.63. The molecule has 0 bridgehead atoms. The van der Waals surface area contributed by atoms with Gasteiger partial charge in [-0.25, -0.2) is 0 Å². The predicted molar refractivity (Wildman–Crippen MR) is 41.4 cm³/mol. The molecule has 0 heterocycles. The molecule has 56 valence electrons. The Kier molecular flexibility index (Phi) is 2.77. The molecule has 1 heteroatoms. The van der Waals surface area contributed by atoms with Gasteiger partial charge in [-0.3, -0.25) is 0 Å². The molecule has 1 rings (SSSR count). The molecule has 1 saturated carbocycles. The molecule has 10 heavy (non-hydrogen) atoms. The highest BCUT2D eigenvalue weighted by molar-refractivity contribution is 4.88. The van der Waals surface area contributed by atoms with E-state index in [1.165, 1.54) is 0 Å². The molecule has 0 aromatic carbocycles. The molecule has 0 aliphatic heterocycles. The van der Waals surface area contributed by atoms with Gasteiger partial charge in [-0.15, -0.1) is 12.3 Å². The Bertz CT molecular complexity index is 126. The Morgan fingerprint density at radius 2 is 1.90 bits per heavy atom. The Balaban J connectivity index is 2.21.